The maximum atomic E-state index is 12.3. The number of hydrogen-bond acceptors (Lipinski definition) is 3. The molecule has 1 aromatic rings. The summed E-state index contributed by atoms with van der Waals surface area (Å²) >= 11 is 1.85. The van der Waals surface area contributed by atoms with Crippen molar-refractivity contribution in [3.8, 4) is 0 Å². The van der Waals surface area contributed by atoms with E-state index in [0.717, 1.165) is 31.0 Å². The van der Waals surface area contributed by atoms with E-state index in [2.05, 4.69) is 36.3 Å². The summed E-state index contributed by atoms with van der Waals surface area (Å²) in [5, 5.41) is 2.98. The van der Waals surface area contributed by atoms with Gasteiger partial charge >= 0.3 is 6.03 Å². The SMILES string of the molecule is CCCSc1ccc(NC(=O)N(C)[C@@H]2CCN(C)C2)cc1. The summed E-state index contributed by atoms with van der Waals surface area (Å²) in [5.41, 5.74) is 0.860. The molecule has 1 atom stereocenters. The van der Waals surface area contributed by atoms with E-state index in [-0.39, 0.29) is 6.03 Å². The van der Waals surface area contributed by atoms with Crippen molar-refractivity contribution in [1.82, 2.24) is 9.80 Å². The van der Waals surface area contributed by atoms with Gasteiger partial charge in [-0.3, -0.25) is 0 Å². The molecule has 2 rings (SSSR count). The topological polar surface area (TPSA) is 35.6 Å². The molecule has 0 aromatic heterocycles. The number of amides is 2. The van der Waals surface area contributed by atoms with Gasteiger partial charge < -0.3 is 15.1 Å². The Hall–Kier alpha value is -1.20. The third-order valence-electron chi connectivity index (χ3n) is 3.81. The predicted octanol–water partition coefficient (Wildman–Crippen LogP) is 3.36. The number of rotatable bonds is 5. The molecule has 4 nitrogen and oxygen atoms in total. The van der Waals surface area contributed by atoms with Gasteiger partial charge in [0.05, 0.1) is 0 Å². The lowest BCUT2D eigenvalue weighted by molar-refractivity contribution is 0.204. The van der Waals surface area contributed by atoms with E-state index in [0.29, 0.717) is 6.04 Å². The fraction of sp³-hybridized carbons (Fsp3) is 0.562. The molecule has 1 N–H and O–H groups in total. The van der Waals surface area contributed by atoms with Gasteiger partial charge in [-0.15, -0.1) is 11.8 Å². The number of likely N-dealkylation sites (N-methyl/N-ethyl adjacent to an activating group) is 2. The Bertz CT molecular complexity index is 463. The summed E-state index contributed by atoms with van der Waals surface area (Å²) in [4.78, 5) is 17.6. The first-order valence-corrected chi connectivity index (χ1v) is 8.54. The summed E-state index contributed by atoms with van der Waals surface area (Å²) in [7, 11) is 3.98. The predicted molar refractivity (Wildman–Crippen MR) is 90.1 cm³/mol. The minimum atomic E-state index is -0.0238. The minimum Gasteiger partial charge on any atom is -0.323 e. The van der Waals surface area contributed by atoms with Crippen molar-refractivity contribution in [2.24, 2.45) is 0 Å². The van der Waals surface area contributed by atoms with Crippen LogP contribution >= 0.6 is 11.8 Å². The van der Waals surface area contributed by atoms with Crippen LogP contribution in [0, 0.1) is 0 Å². The molecule has 2 amide bonds. The Morgan fingerprint density at radius 3 is 2.71 bits per heavy atom. The highest BCUT2D eigenvalue weighted by Crippen LogP contribution is 2.21. The largest absolute Gasteiger partial charge is 0.323 e. The second kappa shape index (κ2) is 7.71. The lowest BCUT2D eigenvalue weighted by atomic mass is 10.2. The maximum Gasteiger partial charge on any atom is 0.321 e. The monoisotopic (exact) mass is 307 g/mol. The maximum absolute atomic E-state index is 12.3. The third kappa shape index (κ3) is 4.64. The number of urea groups is 1. The molecule has 0 spiro atoms. The van der Waals surface area contributed by atoms with E-state index in [1.54, 1.807) is 0 Å². The molecule has 1 aliphatic rings. The Labute approximate surface area is 131 Å². The molecule has 0 bridgehead atoms. The number of nitrogens with zero attached hydrogens (tertiary/aromatic N) is 2. The molecule has 1 aromatic carbocycles. The van der Waals surface area contributed by atoms with E-state index < -0.39 is 0 Å². The van der Waals surface area contributed by atoms with Crippen LogP contribution in [0.1, 0.15) is 19.8 Å². The fourth-order valence-electron chi connectivity index (χ4n) is 2.46. The molecule has 5 heteroatoms. The van der Waals surface area contributed by atoms with Crippen LogP contribution in [0.2, 0.25) is 0 Å². The number of carbonyl (C=O) groups excluding carboxylic acids is 1. The molecule has 1 saturated heterocycles. The van der Waals surface area contributed by atoms with Gasteiger partial charge in [-0.25, -0.2) is 4.79 Å². The second-order valence-electron chi connectivity index (χ2n) is 5.62. The number of benzene rings is 1. The highest BCUT2D eigenvalue weighted by molar-refractivity contribution is 7.99. The lowest BCUT2D eigenvalue weighted by Gasteiger charge is -2.24. The number of thioether (sulfide) groups is 1. The minimum absolute atomic E-state index is 0.0238. The van der Waals surface area contributed by atoms with Crippen LogP contribution in [0.4, 0.5) is 10.5 Å². The Kier molecular flexibility index (Phi) is 5.94. The molecule has 116 valence electrons. The van der Waals surface area contributed by atoms with Gasteiger partial charge in [0.2, 0.25) is 0 Å². The molecular weight excluding hydrogens is 282 g/mol. The van der Waals surface area contributed by atoms with E-state index in [1.165, 1.54) is 11.3 Å². The first kappa shape index (κ1) is 16.2. The zero-order valence-electron chi connectivity index (χ0n) is 13.1. The summed E-state index contributed by atoms with van der Waals surface area (Å²) in [5.74, 6) is 1.13. The number of likely N-dealkylation sites (tertiary alicyclic amines) is 1. The average Bonchev–Trinajstić information content (AvgIpc) is 2.92. The zero-order chi connectivity index (χ0) is 15.2. The average molecular weight is 307 g/mol. The van der Waals surface area contributed by atoms with Crippen molar-refractivity contribution in [2.75, 3.05) is 38.3 Å². The molecule has 0 saturated carbocycles. The normalized spacial score (nSPS) is 18.7. The molecule has 1 heterocycles. The first-order valence-electron chi connectivity index (χ1n) is 7.55. The van der Waals surface area contributed by atoms with Gasteiger partial charge in [-0.2, -0.15) is 0 Å². The molecule has 21 heavy (non-hydrogen) atoms. The van der Waals surface area contributed by atoms with Crippen LogP contribution < -0.4 is 5.32 Å². The molecule has 1 aliphatic heterocycles. The number of nitrogens with one attached hydrogen (secondary N) is 1. The summed E-state index contributed by atoms with van der Waals surface area (Å²) in [6.07, 6.45) is 2.22. The number of anilines is 1. The van der Waals surface area contributed by atoms with Crippen molar-refractivity contribution in [3.05, 3.63) is 24.3 Å². The Balaban J connectivity index is 1.87. The van der Waals surface area contributed by atoms with Crippen molar-refractivity contribution in [3.63, 3.8) is 0 Å². The van der Waals surface area contributed by atoms with Crippen molar-refractivity contribution in [1.29, 1.82) is 0 Å². The standard InChI is InChI=1S/C16H25N3OS/c1-4-11-21-15-7-5-13(6-8-15)17-16(20)19(3)14-9-10-18(2)12-14/h5-8,14H,4,9-12H2,1-3H3,(H,17,20)/t14-/m1/s1. The first-order chi connectivity index (χ1) is 10.1. The lowest BCUT2D eigenvalue weighted by Crippen LogP contribution is -2.41. The van der Waals surface area contributed by atoms with Crippen LogP contribution in [-0.2, 0) is 0 Å². The van der Waals surface area contributed by atoms with Gasteiger partial charge in [0.25, 0.3) is 0 Å². The van der Waals surface area contributed by atoms with Crippen molar-refractivity contribution in [2.45, 2.75) is 30.7 Å². The number of carbonyl (C=O) groups is 1. The smallest absolute Gasteiger partial charge is 0.321 e. The van der Waals surface area contributed by atoms with Gasteiger partial charge in [0.15, 0.2) is 0 Å². The molecule has 1 fully saturated rings. The quantitative estimate of drug-likeness (QED) is 0.847. The van der Waals surface area contributed by atoms with Crippen LogP contribution in [-0.4, -0.2) is 54.8 Å². The summed E-state index contributed by atoms with van der Waals surface area (Å²) in [6.45, 7) is 4.19. The molecule has 0 radical (unpaired) electrons. The van der Waals surface area contributed by atoms with Crippen LogP contribution in [0.25, 0.3) is 0 Å². The Morgan fingerprint density at radius 2 is 2.14 bits per heavy atom. The highest BCUT2D eigenvalue weighted by Gasteiger charge is 2.26. The third-order valence-corrected chi connectivity index (χ3v) is 5.03. The molecular formula is C16H25N3OS. The van der Waals surface area contributed by atoms with Crippen molar-refractivity contribution < 1.29 is 4.79 Å². The van der Waals surface area contributed by atoms with Gasteiger partial charge in [-0.1, -0.05) is 6.92 Å². The van der Waals surface area contributed by atoms with Crippen LogP contribution in [0.15, 0.2) is 29.2 Å². The number of hydrogen-bond donors (Lipinski definition) is 1. The fourth-order valence-corrected chi connectivity index (χ4v) is 3.23. The molecule has 0 aliphatic carbocycles. The van der Waals surface area contributed by atoms with Crippen LogP contribution in [0.3, 0.4) is 0 Å². The second-order valence-corrected chi connectivity index (χ2v) is 6.79. The van der Waals surface area contributed by atoms with Gasteiger partial charge in [0, 0.05) is 30.2 Å². The Morgan fingerprint density at radius 1 is 1.43 bits per heavy atom. The van der Waals surface area contributed by atoms with Gasteiger partial charge in [0.1, 0.15) is 0 Å². The van der Waals surface area contributed by atoms with E-state index in [4.69, 9.17) is 0 Å². The van der Waals surface area contributed by atoms with Crippen molar-refractivity contribution >= 4 is 23.5 Å². The van der Waals surface area contributed by atoms with Crippen LogP contribution in [0.5, 0.6) is 0 Å². The van der Waals surface area contributed by atoms with E-state index >= 15 is 0 Å². The van der Waals surface area contributed by atoms with Gasteiger partial charge in [-0.05, 0) is 56.5 Å². The van der Waals surface area contributed by atoms with E-state index in [1.807, 2.05) is 35.8 Å². The molecule has 0 unspecified atom stereocenters. The highest BCUT2D eigenvalue weighted by atomic mass is 32.2. The van der Waals surface area contributed by atoms with E-state index in [9.17, 15) is 4.79 Å². The summed E-state index contributed by atoms with van der Waals surface area (Å²) in [6, 6.07) is 8.38. The zero-order valence-corrected chi connectivity index (χ0v) is 13.9. The summed E-state index contributed by atoms with van der Waals surface area (Å²) < 4.78 is 0.